The van der Waals surface area contributed by atoms with Crippen LogP contribution in [0.1, 0.15) is 5.69 Å². The number of hydrogen-bond acceptors (Lipinski definition) is 15. The molecule has 3 aromatic rings. The number of carboxylic acid groups (broad SMARTS) is 2. The maximum Gasteiger partial charge on any atom is 0.352 e. The summed E-state index contributed by atoms with van der Waals surface area (Å²) in [5.74, 6) is -4.71. The number of hydrogen-bond donors (Lipinski definition) is 6. The number of rotatable bonds is 10. The van der Waals surface area contributed by atoms with E-state index in [9.17, 15) is 39.3 Å². The minimum Gasteiger partial charge on any atom is -0.504 e. The summed E-state index contributed by atoms with van der Waals surface area (Å²) in [6, 6.07) is 2.69. The number of carbonyl (C=O) groups excluding carboxylic acids is 2. The van der Waals surface area contributed by atoms with E-state index in [4.69, 9.17) is 15.7 Å². The van der Waals surface area contributed by atoms with Gasteiger partial charge in [0.05, 0.1) is 4.21 Å². The Balaban J connectivity index is 1.32. The largest absolute Gasteiger partial charge is 0.504 e. The third-order valence-electron chi connectivity index (χ3n) is 6.05. The van der Waals surface area contributed by atoms with Gasteiger partial charge in [0, 0.05) is 39.1 Å². The van der Waals surface area contributed by atoms with Crippen LogP contribution in [-0.2, 0) is 24.0 Å². The molecule has 224 valence electrons. The number of fused-ring (bicyclic) bond motifs is 2. The van der Waals surface area contributed by atoms with Crippen LogP contribution in [0.4, 0.5) is 5.13 Å². The van der Waals surface area contributed by atoms with E-state index in [0.29, 0.717) is 14.5 Å². The summed E-state index contributed by atoms with van der Waals surface area (Å²) < 4.78 is 0.968. The average molecular weight is 666 g/mol. The van der Waals surface area contributed by atoms with Crippen molar-refractivity contribution in [1.29, 1.82) is 0 Å². The highest BCUT2D eigenvalue weighted by atomic mass is 32.2. The number of oxime groups is 1. The van der Waals surface area contributed by atoms with E-state index in [1.165, 1.54) is 58.4 Å². The number of benzene rings is 1. The van der Waals surface area contributed by atoms with Crippen LogP contribution in [0.3, 0.4) is 0 Å². The molecule has 1 saturated heterocycles. The lowest BCUT2D eigenvalue weighted by molar-refractivity contribution is -0.150. The van der Waals surface area contributed by atoms with Crippen LogP contribution < -0.4 is 16.5 Å². The molecule has 7 N–H and O–H groups in total. The Morgan fingerprint density at radius 3 is 2.60 bits per heavy atom. The average Bonchev–Trinajstić information content (AvgIpc) is 3.38. The van der Waals surface area contributed by atoms with Crippen LogP contribution in [0.2, 0.25) is 0 Å². The zero-order chi connectivity index (χ0) is 31.0. The zero-order valence-corrected chi connectivity index (χ0v) is 24.6. The summed E-state index contributed by atoms with van der Waals surface area (Å²) in [7, 11) is 0. The maximum atomic E-state index is 13.1. The van der Waals surface area contributed by atoms with Crippen molar-refractivity contribution in [2.24, 2.45) is 5.16 Å². The van der Waals surface area contributed by atoms with Crippen LogP contribution in [0.5, 0.6) is 11.5 Å². The fraction of sp³-hybridized carbons (Fsp3) is 0.208. The number of nitrogens with one attached hydrogen (secondary N) is 1. The number of carboxylic acids is 2. The Morgan fingerprint density at radius 2 is 1.93 bits per heavy atom. The Morgan fingerprint density at radius 1 is 1.19 bits per heavy atom. The summed E-state index contributed by atoms with van der Waals surface area (Å²) in [6.07, 6.45) is 0. The number of anilines is 1. The molecule has 15 nitrogen and oxygen atoms in total. The van der Waals surface area contributed by atoms with Crippen molar-refractivity contribution >= 4 is 90.9 Å². The highest BCUT2D eigenvalue weighted by molar-refractivity contribution is 8.02. The summed E-state index contributed by atoms with van der Waals surface area (Å²) in [5.41, 5.74) is 5.03. The molecule has 2 aliphatic heterocycles. The first-order valence-electron chi connectivity index (χ1n) is 11.9. The second kappa shape index (κ2) is 12.1. The molecule has 2 aromatic heterocycles. The topological polar surface area (TPSA) is 242 Å². The molecule has 2 atom stereocenters. The predicted octanol–water partition coefficient (Wildman–Crippen LogP) is 1.05. The van der Waals surface area contributed by atoms with Gasteiger partial charge in [-0.25, -0.2) is 14.6 Å². The molecule has 0 radical (unpaired) electrons. The van der Waals surface area contributed by atoms with Crippen molar-refractivity contribution in [3.63, 3.8) is 0 Å². The SMILES string of the molecule is Nc1nc(/C(=N/OCC(=O)O)C(=O)NC2C(=O)N3C(C(=O)O)=C(CSc4cc(=O)c5cc(O)c(O)cc5s4)CSC23)cs1. The number of nitrogens with zero attached hydrogens (tertiary/aromatic N) is 3. The molecule has 0 bridgehead atoms. The molecule has 2 unspecified atom stereocenters. The van der Waals surface area contributed by atoms with Crippen LogP contribution in [0.15, 0.2) is 49.0 Å². The molecule has 2 aliphatic rings. The van der Waals surface area contributed by atoms with E-state index in [1.807, 2.05) is 0 Å². The van der Waals surface area contributed by atoms with Crippen molar-refractivity contribution in [2.75, 3.05) is 23.8 Å². The fourth-order valence-electron chi connectivity index (χ4n) is 4.14. The van der Waals surface area contributed by atoms with E-state index in [2.05, 4.69) is 15.5 Å². The van der Waals surface area contributed by atoms with E-state index in [0.717, 1.165) is 16.2 Å². The van der Waals surface area contributed by atoms with E-state index >= 15 is 0 Å². The number of thioether (sulfide) groups is 2. The first kappa shape index (κ1) is 30.1. The van der Waals surface area contributed by atoms with Gasteiger partial charge in [-0.15, -0.1) is 46.2 Å². The van der Waals surface area contributed by atoms with Gasteiger partial charge in [0.25, 0.3) is 11.8 Å². The minimum absolute atomic E-state index is 0.00116. The molecular weight excluding hydrogens is 647 g/mol. The van der Waals surface area contributed by atoms with Crippen LogP contribution in [0.25, 0.3) is 10.1 Å². The molecule has 0 saturated carbocycles. The summed E-state index contributed by atoms with van der Waals surface area (Å²) in [6.45, 7) is -0.833. The highest BCUT2D eigenvalue weighted by Gasteiger charge is 2.54. The quantitative estimate of drug-likeness (QED) is 0.0583. The van der Waals surface area contributed by atoms with Gasteiger partial charge in [-0.2, -0.15) is 0 Å². The summed E-state index contributed by atoms with van der Waals surface area (Å²) >= 11 is 4.59. The van der Waals surface area contributed by atoms with Gasteiger partial charge < -0.3 is 36.3 Å². The van der Waals surface area contributed by atoms with Gasteiger partial charge in [-0.1, -0.05) is 5.16 Å². The number of nitrogen functional groups attached to an aromatic ring is 1. The molecule has 43 heavy (non-hydrogen) atoms. The van der Waals surface area contributed by atoms with E-state index in [-0.39, 0.29) is 44.6 Å². The number of aromatic hydroxyl groups is 2. The van der Waals surface area contributed by atoms with Gasteiger partial charge in [-0.05, 0) is 11.6 Å². The van der Waals surface area contributed by atoms with Crippen LogP contribution in [0, 0.1) is 0 Å². The van der Waals surface area contributed by atoms with Gasteiger partial charge in [-0.3, -0.25) is 19.3 Å². The normalized spacial score (nSPS) is 18.3. The number of aromatic nitrogens is 1. The molecule has 4 heterocycles. The number of carbonyl (C=O) groups is 4. The minimum atomic E-state index is -1.34. The predicted molar refractivity (Wildman–Crippen MR) is 158 cm³/mol. The van der Waals surface area contributed by atoms with Crippen LogP contribution >= 0.6 is 46.2 Å². The molecule has 19 heteroatoms. The molecule has 5 rings (SSSR count). The first-order chi connectivity index (χ1) is 20.4. The van der Waals surface area contributed by atoms with Gasteiger partial charge in [0.15, 0.2) is 27.8 Å². The number of amides is 2. The number of thiazole rings is 1. The lowest BCUT2D eigenvalue weighted by Crippen LogP contribution is -2.71. The lowest BCUT2D eigenvalue weighted by atomic mass is 10.0. The smallest absolute Gasteiger partial charge is 0.352 e. The monoisotopic (exact) mass is 665 g/mol. The number of β-lactam (4-membered cyclic amide) rings is 1. The number of phenolic OH excluding ortho intramolecular Hbond substituents is 2. The van der Waals surface area contributed by atoms with Crippen molar-refractivity contribution in [3.05, 3.63) is 50.8 Å². The van der Waals surface area contributed by atoms with Crippen molar-refractivity contribution in [2.45, 2.75) is 15.6 Å². The third-order valence-corrected chi connectivity index (χ3v) is 10.4. The Bertz CT molecular complexity index is 1800. The second-order valence-corrected chi connectivity index (χ2v) is 13.2. The van der Waals surface area contributed by atoms with Crippen molar-refractivity contribution < 1.29 is 44.4 Å². The third kappa shape index (κ3) is 6.10. The number of phenols is 2. The van der Waals surface area contributed by atoms with Crippen LogP contribution in [-0.4, -0.2) is 89.3 Å². The van der Waals surface area contributed by atoms with Gasteiger partial charge in [0.2, 0.25) is 6.61 Å². The van der Waals surface area contributed by atoms with E-state index < -0.39 is 53.2 Å². The second-order valence-electron chi connectivity index (χ2n) is 8.85. The zero-order valence-electron chi connectivity index (χ0n) is 21.4. The first-order valence-corrected chi connectivity index (χ1v) is 15.6. The van der Waals surface area contributed by atoms with Gasteiger partial charge in [0.1, 0.15) is 22.8 Å². The molecule has 2 amide bonds. The number of aliphatic carboxylic acids is 2. The Labute approximate surface area is 256 Å². The fourth-order valence-corrected chi connectivity index (χ4v) is 8.42. The standard InChI is InChI=1S/C24H19N5O10S4/c25-24-26-10(7-42-24)17(28-39-4-15(33)34)20(35)27-18-21(36)29-19(23(37)38)8(6-41-22(18)29)5-40-16-3-11(30)9-1-12(31)13(32)2-14(9)43-16/h1-3,7,18,22,31-32H,4-6H2,(H2,25,26)(H,27,35)(H,33,34)(H,37,38)/b28-17-. The summed E-state index contributed by atoms with van der Waals surface area (Å²) in [4.78, 5) is 71.5. The van der Waals surface area contributed by atoms with Crippen molar-refractivity contribution in [1.82, 2.24) is 15.2 Å². The molecule has 0 spiro atoms. The molecule has 0 aliphatic carbocycles. The van der Waals surface area contributed by atoms with E-state index in [1.54, 1.807) is 0 Å². The Hall–Kier alpha value is -4.33. The maximum absolute atomic E-state index is 13.1. The number of nitrogens with two attached hydrogens (primary N) is 1. The van der Waals surface area contributed by atoms with Crippen molar-refractivity contribution in [3.8, 4) is 11.5 Å². The highest BCUT2D eigenvalue weighted by Crippen LogP contribution is 2.42. The molecule has 1 aromatic carbocycles. The molecular formula is C24H19N5O10S4. The Kier molecular flexibility index (Phi) is 8.49. The summed E-state index contributed by atoms with van der Waals surface area (Å²) in [5, 5.41) is 45.3. The lowest BCUT2D eigenvalue weighted by Gasteiger charge is -2.49. The van der Waals surface area contributed by atoms with Gasteiger partial charge >= 0.3 is 11.9 Å². The molecule has 1 fully saturated rings.